The van der Waals surface area contributed by atoms with Gasteiger partial charge in [-0.2, -0.15) is 0 Å². The second kappa shape index (κ2) is 4.94. The van der Waals surface area contributed by atoms with Crippen molar-refractivity contribution in [2.45, 2.75) is 6.54 Å². The lowest BCUT2D eigenvalue weighted by molar-refractivity contribution is 1.07. The number of nitrogen functional groups attached to an aromatic ring is 1. The van der Waals surface area contributed by atoms with Crippen molar-refractivity contribution >= 4 is 27.4 Å². The van der Waals surface area contributed by atoms with Crippen LogP contribution in [0.2, 0.25) is 0 Å². The summed E-state index contributed by atoms with van der Waals surface area (Å²) in [5, 5.41) is 3.20. The number of aromatic nitrogens is 2. The molecule has 1 aromatic carbocycles. The Balaban J connectivity index is 2.05. The minimum Gasteiger partial charge on any atom is -0.399 e. The van der Waals surface area contributed by atoms with E-state index in [-0.39, 0.29) is 0 Å². The van der Waals surface area contributed by atoms with Crippen molar-refractivity contribution in [3.8, 4) is 0 Å². The van der Waals surface area contributed by atoms with E-state index in [4.69, 9.17) is 5.73 Å². The van der Waals surface area contributed by atoms with Gasteiger partial charge in [0.05, 0.1) is 4.47 Å². The third kappa shape index (κ3) is 2.70. The van der Waals surface area contributed by atoms with Crippen LogP contribution < -0.4 is 11.1 Å². The summed E-state index contributed by atoms with van der Waals surface area (Å²) in [7, 11) is 0. The molecule has 0 aliphatic rings. The lowest BCUT2D eigenvalue weighted by atomic mass is 10.2. The molecule has 2 rings (SSSR count). The number of benzene rings is 1. The van der Waals surface area contributed by atoms with Gasteiger partial charge in [-0.25, -0.2) is 9.97 Å². The lowest BCUT2D eigenvalue weighted by Crippen LogP contribution is -2.02. The van der Waals surface area contributed by atoms with Gasteiger partial charge in [-0.1, -0.05) is 12.1 Å². The van der Waals surface area contributed by atoms with Crippen molar-refractivity contribution in [1.82, 2.24) is 9.97 Å². The Kier molecular flexibility index (Phi) is 3.36. The number of rotatable bonds is 3. The van der Waals surface area contributed by atoms with Gasteiger partial charge >= 0.3 is 0 Å². The van der Waals surface area contributed by atoms with Crippen LogP contribution in [-0.2, 0) is 6.54 Å². The smallest absolute Gasteiger partial charge is 0.144 e. The number of nitrogens with one attached hydrogen (secondary N) is 1. The first-order chi connectivity index (χ1) is 7.75. The van der Waals surface area contributed by atoms with Crippen molar-refractivity contribution in [2.24, 2.45) is 0 Å². The topological polar surface area (TPSA) is 63.8 Å². The number of anilines is 2. The van der Waals surface area contributed by atoms with Crippen molar-refractivity contribution in [3.05, 3.63) is 46.8 Å². The zero-order chi connectivity index (χ0) is 11.4. The van der Waals surface area contributed by atoms with Gasteiger partial charge in [-0.3, -0.25) is 0 Å². The van der Waals surface area contributed by atoms with E-state index >= 15 is 0 Å². The van der Waals surface area contributed by atoms with Gasteiger partial charge in [-0.15, -0.1) is 0 Å². The van der Waals surface area contributed by atoms with E-state index in [2.05, 4.69) is 31.2 Å². The predicted octanol–water partition coefficient (Wildman–Crippen LogP) is 2.43. The van der Waals surface area contributed by atoms with E-state index in [1.165, 1.54) is 6.33 Å². The van der Waals surface area contributed by atoms with Gasteiger partial charge in [0, 0.05) is 18.4 Å². The summed E-state index contributed by atoms with van der Waals surface area (Å²) in [5.41, 5.74) is 7.58. The van der Waals surface area contributed by atoms with Crippen molar-refractivity contribution < 1.29 is 0 Å². The van der Waals surface area contributed by atoms with Crippen LogP contribution in [0.4, 0.5) is 11.5 Å². The first-order valence-corrected chi connectivity index (χ1v) is 5.59. The molecule has 0 saturated carbocycles. The molecule has 16 heavy (non-hydrogen) atoms. The number of hydrogen-bond donors (Lipinski definition) is 2. The first-order valence-electron chi connectivity index (χ1n) is 4.79. The molecule has 0 fully saturated rings. The molecule has 0 atom stereocenters. The van der Waals surface area contributed by atoms with Gasteiger partial charge in [0.2, 0.25) is 0 Å². The van der Waals surface area contributed by atoms with Crippen LogP contribution >= 0.6 is 15.9 Å². The van der Waals surface area contributed by atoms with Gasteiger partial charge < -0.3 is 11.1 Å². The minimum atomic E-state index is 0.681. The summed E-state index contributed by atoms with van der Waals surface area (Å²) in [6.07, 6.45) is 3.21. The molecule has 0 saturated heterocycles. The Morgan fingerprint density at radius 1 is 1.38 bits per heavy atom. The van der Waals surface area contributed by atoms with Crippen molar-refractivity contribution in [3.63, 3.8) is 0 Å². The third-order valence-corrected chi connectivity index (χ3v) is 2.66. The highest BCUT2D eigenvalue weighted by Crippen LogP contribution is 2.18. The average Bonchev–Trinajstić information content (AvgIpc) is 2.28. The first kappa shape index (κ1) is 10.9. The highest BCUT2D eigenvalue weighted by atomic mass is 79.9. The predicted molar refractivity (Wildman–Crippen MR) is 67.9 cm³/mol. The van der Waals surface area contributed by atoms with Crippen LogP contribution in [0.15, 0.2) is 41.3 Å². The van der Waals surface area contributed by atoms with E-state index in [9.17, 15) is 0 Å². The van der Waals surface area contributed by atoms with Crippen molar-refractivity contribution in [2.75, 3.05) is 11.1 Å². The van der Waals surface area contributed by atoms with Crippen molar-refractivity contribution in [1.29, 1.82) is 0 Å². The van der Waals surface area contributed by atoms with Crippen LogP contribution in [0.25, 0.3) is 0 Å². The van der Waals surface area contributed by atoms with Crippen LogP contribution in [0.1, 0.15) is 5.56 Å². The molecule has 0 spiro atoms. The van der Waals surface area contributed by atoms with Gasteiger partial charge in [-0.05, 0) is 33.6 Å². The molecule has 0 aliphatic heterocycles. The lowest BCUT2D eigenvalue weighted by Gasteiger charge is -2.07. The summed E-state index contributed by atoms with van der Waals surface area (Å²) < 4.78 is 0.846. The van der Waals surface area contributed by atoms with E-state index in [1.807, 2.05) is 24.3 Å². The molecular weight excluding hydrogens is 268 g/mol. The molecule has 1 heterocycles. The van der Waals surface area contributed by atoms with Gasteiger partial charge in [0.1, 0.15) is 12.1 Å². The maximum Gasteiger partial charge on any atom is 0.144 e. The maximum absolute atomic E-state index is 5.69. The number of halogens is 1. The second-order valence-electron chi connectivity index (χ2n) is 3.32. The Morgan fingerprint density at radius 2 is 2.25 bits per heavy atom. The SMILES string of the molecule is Nc1cccc(CNc2ncncc2Br)c1. The quantitative estimate of drug-likeness (QED) is 0.847. The minimum absolute atomic E-state index is 0.681. The van der Waals surface area contributed by atoms with Crippen LogP contribution in [0.3, 0.4) is 0 Å². The number of nitrogens with two attached hydrogens (primary N) is 1. The highest BCUT2D eigenvalue weighted by molar-refractivity contribution is 9.10. The molecule has 0 amide bonds. The summed E-state index contributed by atoms with van der Waals surface area (Å²) >= 11 is 3.37. The van der Waals surface area contributed by atoms with Crippen LogP contribution in [-0.4, -0.2) is 9.97 Å². The summed E-state index contributed by atoms with van der Waals surface area (Å²) in [5.74, 6) is 0.775. The van der Waals surface area contributed by atoms with Crippen LogP contribution in [0, 0.1) is 0 Å². The van der Waals surface area contributed by atoms with E-state index in [0.29, 0.717) is 6.54 Å². The van der Waals surface area contributed by atoms with Gasteiger partial charge in [0.15, 0.2) is 0 Å². The number of hydrogen-bond acceptors (Lipinski definition) is 4. The maximum atomic E-state index is 5.69. The summed E-state index contributed by atoms with van der Waals surface area (Å²) in [4.78, 5) is 8.01. The third-order valence-electron chi connectivity index (χ3n) is 2.08. The van der Waals surface area contributed by atoms with E-state index in [1.54, 1.807) is 6.20 Å². The molecule has 0 aliphatic carbocycles. The Morgan fingerprint density at radius 3 is 3.00 bits per heavy atom. The Labute approximate surface area is 102 Å². The molecular formula is C11H11BrN4. The monoisotopic (exact) mass is 278 g/mol. The molecule has 2 aromatic rings. The van der Waals surface area contributed by atoms with Gasteiger partial charge in [0.25, 0.3) is 0 Å². The zero-order valence-corrected chi connectivity index (χ0v) is 10.1. The molecule has 0 bridgehead atoms. The second-order valence-corrected chi connectivity index (χ2v) is 4.17. The molecule has 82 valence electrons. The Bertz CT molecular complexity index is 487. The fraction of sp³-hybridized carbons (Fsp3) is 0.0909. The summed E-state index contributed by atoms with van der Waals surface area (Å²) in [6.45, 7) is 0.681. The molecule has 0 radical (unpaired) electrons. The van der Waals surface area contributed by atoms with E-state index in [0.717, 1.165) is 21.5 Å². The average molecular weight is 279 g/mol. The van der Waals surface area contributed by atoms with E-state index < -0.39 is 0 Å². The molecule has 4 nitrogen and oxygen atoms in total. The molecule has 3 N–H and O–H groups in total. The largest absolute Gasteiger partial charge is 0.399 e. The molecule has 1 aromatic heterocycles. The molecule has 5 heteroatoms. The highest BCUT2D eigenvalue weighted by Gasteiger charge is 2.00. The Hall–Kier alpha value is -1.62. The standard InChI is InChI=1S/C11H11BrN4/c12-10-6-14-7-16-11(10)15-5-8-2-1-3-9(13)4-8/h1-4,6-7H,5,13H2,(H,14,15,16). The fourth-order valence-electron chi connectivity index (χ4n) is 1.33. The number of nitrogens with zero attached hydrogens (tertiary/aromatic N) is 2. The molecule has 0 unspecified atom stereocenters. The normalized spacial score (nSPS) is 10.1. The summed E-state index contributed by atoms with van der Waals surface area (Å²) in [6, 6.07) is 7.74. The zero-order valence-electron chi connectivity index (χ0n) is 8.52. The van der Waals surface area contributed by atoms with Crippen LogP contribution in [0.5, 0.6) is 0 Å². The fourth-order valence-corrected chi connectivity index (χ4v) is 1.69.